The molecule has 0 atom stereocenters. The highest BCUT2D eigenvalue weighted by Gasteiger charge is 2.14. The number of nitriles is 1. The molecule has 0 aliphatic carbocycles. The summed E-state index contributed by atoms with van der Waals surface area (Å²) in [5.41, 5.74) is 2.47. The van der Waals surface area contributed by atoms with Gasteiger partial charge in [-0.2, -0.15) is 5.26 Å². The number of nitrogens with one attached hydrogen (secondary N) is 1. The van der Waals surface area contributed by atoms with Crippen molar-refractivity contribution in [1.29, 1.82) is 5.26 Å². The maximum Gasteiger partial charge on any atom is 0.306 e. The number of carbonyl (C=O) groups excluding carboxylic acids is 3. The zero-order valence-electron chi connectivity index (χ0n) is 16.0. The summed E-state index contributed by atoms with van der Waals surface area (Å²) in [6.07, 6.45) is -0.274. The number of carbonyl (C=O) groups is 3. The Kier molecular flexibility index (Phi) is 7.92. The van der Waals surface area contributed by atoms with Crippen molar-refractivity contribution in [1.82, 2.24) is 0 Å². The molecule has 0 aliphatic heterocycles. The highest BCUT2D eigenvalue weighted by molar-refractivity contribution is 8.03. The number of ether oxygens (including phenoxy) is 1. The van der Waals surface area contributed by atoms with E-state index >= 15 is 0 Å². The summed E-state index contributed by atoms with van der Waals surface area (Å²) in [4.78, 5) is 36.6. The van der Waals surface area contributed by atoms with E-state index in [0.29, 0.717) is 11.3 Å². The summed E-state index contributed by atoms with van der Waals surface area (Å²) < 4.78 is 17.8. The van der Waals surface area contributed by atoms with Crippen molar-refractivity contribution < 1.29 is 23.5 Å². The van der Waals surface area contributed by atoms with E-state index in [2.05, 4.69) is 5.32 Å². The minimum atomic E-state index is -0.676. The number of thiocyanates is 1. The molecule has 0 unspecified atom stereocenters. The van der Waals surface area contributed by atoms with Gasteiger partial charge in [-0.3, -0.25) is 14.4 Å². The number of halogens is 1. The zero-order valence-corrected chi connectivity index (χ0v) is 16.8. The number of hydrogen-bond acceptors (Lipinski definition) is 6. The van der Waals surface area contributed by atoms with Gasteiger partial charge in [-0.05, 0) is 73.1 Å². The predicted molar refractivity (Wildman–Crippen MR) is 107 cm³/mol. The molecule has 1 amide bonds. The van der Waals surface area contributed by atoms with E-state index in [0.717, 1.165) is 27.8 Å². The third-order valence-electron chi connectivity index (χ3n) is 4.02. The van der Waals surface area contributed by atoms with Crippen molar-refractivity contribution in [3.05, 3.63) is 58.9 Å². The molecule has 0 bridgehead atoms. The summed E-state index contributed by atoms with van der Waals surface area (Å²) in [6, 6.07) is 8.60. The highest BCUT2D eigenvalue weighted by atomic mass is 32.2. The Morgan fingerprint density at radius 2 is 1.72 bits per heavy atom. The Hall–Kier alpha value is -3.18. The molecule has 0 aliphatic rings. The van der Waals surface area contributed by atoms with Crippen LogP contribution >= 0.6 is 11.8 Å². The van der Waals surface area contributed by atoms with Gasteiger partial charge in [0.2, 0.25) is 0 Å². The summed E-state index contributed by atoms with van der Waals surface area (Å²) in [7, 11) is 0. The van der Waals surface area contributed by atoms with Crippen molar-refractivity contribution in [2.75, 3.05) is 11.9 Å². The molecule has 0 heterocycles. The second-order valence-corrected chi connectivity index (χ2v) is 7.12. The number of amides is 1. The number of aryl methyl sites for hydroxylation is 2. The van der Waals surface area contributed by atoms with Gasteiger partial charge in [-0.15, -0.1) is 0 Å². The molecule has 2 rings (SSSR count). The molecule has 29 heavy (non-hydrogen) atoms. The van der Waals surface area contributed by atoms with Gasteiger partial charge in [0.05, 0.1) is 6.42 Å². The molecule has 150 valence electrons. The fourth-order valence-corrected chi connectivity index (χ4v) is 3.20. The quantitative estimate of drug-likeness (QED) is 0.302. The molecule has 8 heteroatoms. The van der Waals surface area contributed by atoms with E-state index in [-0.39, 0.29) is 18.6 Å². The lowest BCUT2D eigenvalue weighted by Gasteiger charge is -2.13. The average molecular weight is 414 g/mol. The van der Waals surface area contributed by atoms with Gasteiger partial charge >= 0.3 is 5.97 Å². The van der Waals surface area contributed by atoms with Crippen LogP contribution in [0.2, 0.25) is 0 Å². The minimum absolute atomic E-state index is 0.0949. The summed E-state index contributed by atoms with van der Waals surface area (Å²) in [5, 5.41) is 13.4. The van der Waals surface area contributed by atoms with Crippen molar-refractivity contribution in [3.63, 3.8) is 0 Å². The number of anilines is 1. The fraction of sp³-hybridized carbons (Fsp3) is 0.238. The Bertz CT molecular complexity index is 945. The molecule has 6 nitrogen and oxygen atoms in total. The van der Waals surface area contributed by atoms with Crippen LogP contribution in [0.25, 0.3) is 0 Å². The Morgan fingerprint density at radius 1 is 1.10 bits per heavy atom. The van der Waals surface area contributed by atoms with Crippen LogP contribution in [0.4, 0.5) is 10.1 Å². The monoisotopic (exact) mass is 414 g/mol. The van der Waals surface area contributed by atoms with Crippen molar-refractivity contribution in [2.45, 2.75) is 31.6 Å². The molecule has 0 radical (unpaired) electrons. The first kappa shape index (κ1) is 22.1. The topological polar surface area (TPSA) is 96.3 Å². The van der Waals surface area contributed by atoms with Crippen molar-refractivity contribution in [2.24, 2.45) is 0 Å². The number of esters is 1. The van der Waals surface area contributed by atoms with E-state index in [9.17, 15) is 18.8 Å². The lowest BCUT2D eigenvalue weighted by molar-refractivity contribution is -0.147. The number of nitrogens with zero attached hydrogens (tertiary/aromatic N) is 1. The number of thioether (sulfide) groups is 1. The molecular formula is C21H19FN2O4S. The van der Waals surface area contributed by atoms with Crippen LogP contribution in [-0.4, -0.2) is 24.3 Å². The average Bonchev–Trinajstić information content (AvgIpc) is 2.68. The molecule has 0 aromatic heterocycles. The second kappa shape index (κ2) is 10.4. The lowest BCUT2D eigenvalue weighted by Crippen LogP contribution is -2.22. The van der Waals surface area contributed by atoms with E-state index in [1.165, 1.54) is 24.3 Å². The molecule has 0 saturated carbocycles. The van der Waals surface area contributed by atoms with Gasteiger partial charge < -0.3 is 10.1 Å². The molecule has 1 N–H and O–H groups in total. The number of Topliss-reactive ketones (excluding diaryl/α,β-unsaturated/α-hetero) is 1. The summed E-state index contributed by atoms with van der Waals surface area (Å²) in [5.74, 6) is -1.94. The van der Waals surface area contributed by atoms with E-state index in [4.69, 9.17) is 10.00 Å². The van der Waals surface area contributed by atoms with Crippen LogP contribution in [0.1, 0.15) is 34.3 Å². The second-order valence-electron chi connectivity index (χ2n) is 6.26. The van der Waals surface area contributed by atoms with Crippen molar-refractivity contribution in [3.8, 4) is 5.40 Å². The summed E-state index contributed by atoms with van der Waals surface area (Å²) in [6.45, 7) is 3.13. The Morgan fingerprint density at radius 3 is 2.31 bits per heavy atom. The largest absolute Gasteiger partial charge is 0.456 e. The third-order valence-corrected chi connectivity index (χ3v) is 4.58. The highest BCUT2D eigenvalue weighted by Crippen LogP contribution is 2.27. The van der Waals surface area contributed by atoms with Crippen molar-refractivity contribution >= 4 is 35.1 Å². The van der Waals surface area contributed by atoms with Gasteiger partial charge in [0.25, 0.3) is 5.91 Å². The van der Waals surface area contributed by atoms with Gasteiger partial charge in [0.15, 0.2) is 12.4 Å². The number of hydrogen-bond donors (Lipinski definition) is 1. The molecular weight excluding hydrogens is 395 g/mol. The Labute approximate surface area is 172 Å². The van der Waals surface area contributed by atoms with Gasteiger partial charge in [-0.1, -0.05) is 0 Å². The standard InChI is InChI=1S/C21H19FN2O4S/c1-13-9-17(29-12-23)10-14(2)21(13)24-19(26)11-28-20(27)8-7-18(25)15-3-5-16(22)6-4-15/h3-6,9-10H,7-8,11H2,1-2H3,(H,24,26). The van der Waals surface area contributed by atoms with Crippen LogP contribution < -0.4 is 5.32 Å². The van der Waals surface area contributed by atoms with Crippen LogP contribution in [-0.2, 0) is 14.3 Å². The predicted octanol–water partition coefficient (Wildman–Crippen LogP) is 4.16. The lowest BCUT2D eigenvalue weighted by atomic mass is 10.1. The maximum atomic E-state index is 12.9. The Balaban J connectivity index is 1.81. The molecule has 0 saturated heterocycles. The van der Waals surface area contributed by atoms with Gasteiger partial charge in [-0.25, -0.2) is 4.39 Å². The molecule has 0 fully saturated rings. The number of ketones is 1. The minimum Gasteiger partial charge on any atom is -0.456 e. The SMILES string of the molecule is Cc1cc(SC#N)cc(C)c1NC(=O)COC(=O)CCC(=O)c1ccc(F)cc1. The molecule has 0 spiro atoms. The normalized spacial score (nSPS) is 10.1. The molecule has 2 aromatic carbocycles. The van der Waals surface area contributed by atoms with Crippen LogP contribution in [0.3, 0.4) is 0 Å². The molecule has 2 aromatic rings. The zero-order chi connectivity index (χ0) is 21.4. The number of benzene rings is 2. The summed E-state index contributed by atoms with van der Waals surface area (Å²) >= 11 is 1.03. The third kappa shape index (κ3) is 6.73. The van der Waals surface area contributed by atoms with Crippen LogP contribution in [0, 0.1) is 30.3 Å². The van der Waals surface area contributed by atoms with E-state index < -0.39 is 24.3 Å². The van der Waals surface area contributed by atoms with Crippen LogP contribution in [0.5, 0.6) is 0 Å². The van der Waals surface area contributed by atoms with E-state index in [1.807, 2.05) is 5.40 Å². The van der Waals surface area contributed by atoms with Gasteiger partial charge in [0.1, 0.15) is 11.2 Å². The van der Waals surface area contributed by atoms with Gasteiger partial charge in [0, 0.05) is 22.6 Å². The smallest absolute Gasteiger partial charge is 0.306 e. The van der Waals surface area contributed by atoms with Crippen LogP contribution in [0.15, 0.2) is 41.3 Å². The first-order valence-corrected chi connectivity index (χ1v) is 9.53. The number of rotatable bonds is 8. The maximum absolute atomic E-state index is 12.9. The fourth-order valence-electron chi connectivity index (χ4n) is 2.62. The van der Waals surface area contributed by atoms with E-state index in [1.54, 1.807) is 26.0 Å². The first-order valence-electron chi connectivity index (χ1n) is 8.71. The first-order chi connectivity index (χ1) is 13.8.